The van der Waals surface area contributed by atoms with E-state index < -0.39 is 5.97 Å². The van der Waals surface area contributed by atoms with Gasteiger partial charge < -0.3 is 5.11 Å². The minimum Gasteiger partial charge on any atom is -0.481 e. The minimum absolute atomic E-state index is 0.0309. The predicted octanol–water partition coefficient (Wildman–Crippen LogP) is 1.23. The van der Waals surface area contributed by atoms with E-state index in [9.17, 15) is 4.79 Å². The first-order valence-electron chi connectivity index (χ1n) is 2.78. The Morgan fingerprint density at radius 2 is 2.40 bits per heavy atom. The maximum absolute atomic E-state index is 9.92. The van der Waals surface area contributed by atoms with Crippen molar-refractivity contribution < 1.29 is 9.90 Å². The average molecular weight is 139 g/mol. The van der Waals surface area contributed by atoms with Crippen LogP contribution in [-0.4, -0.2) is 17.3 Å². The number of aliphatic carboxylic acids is 1. The molecule has 0 bridgehead atoms. The van der Waals surface area contributed by atoms with Crippen molar-refractivity contribution >= 4 is 12.2 Å². The number of aliphatic imine (C=N–C) groups is 1. The molecule has 0 amide bonds. The minimum atomic E-state index is -0.844. The van der Waals surface area contributed by atoms with Gasteiger partial charge in [-0.15, -0.1) is 0 Å². The van der Waals surface area contributed by atoms with E-state index in [4.69, 9.17) is 5.11 Å². The second-order valence-electron chi connectivity index (χ2n) is 1.51. The number of hydrogen-bond acceptors (Lipinski definition) is 2. The zero-order valence-electron chi connectivity index (χ0n) is 5.53. The van der Waals surface area contributed by atoms with Gasteiger partial charge in [0.25, 0.3) is 0 Å². The quantitative estimate of drug-likeness (QED) is 0.595. The van der Waals surface area contributed by atoms with Crippen LogP contribution in [0.5, 0.6) is 0 Å². The fraction of sp³-hybridized carbons (Fsp3) is 0.143. The van der Waals surface area contributed by atoms with Crippen molar-refractivity contribution in [2.45, 2.75) is 6.42 Å². The van der Waals surface area contributed by atoms with Crippen LogP contribution in [0.3, 0.4) is 0 Å². The molecule has 0 saturated heterocycles. The Kier molecular flexibility index (Phi) is 4.96. The number of carbonyl (C=O) groups is 1. The van der Waals surface area contributed by atoms with Crippen LogP contribution < -0.4 is 0 Å². The lowest BCUT2D eigenvalue weighted by molar-refractivity contribution is -0.135. The first-order valence-corrected chi connectivity index (χ1v) is 2.78. The largest absolute Gasteiger partial charge is 0.481 e. The van der Waals surface area contributed by atoms with E-state index in [0.29, 0.717) is 0 Å². The van der Waals surface area contributed by atoms with E-state index in [-0.39, 0.29) is 6.42 Å². The second kappa shape index (κ2) is 5.75. The van der Waals surface area contributed by atoms with Gasteiger partial charge in [0.1, 0.15) is 0 Å². The normalized spacial score (nSPS) is 10.8. The summed E-state index contributed by atoms with van der Waals surface area (Å²) in [6.07, 6.45) is 5.97. The molecular formula is C7H9NO2. The number of carboxylic acids is 1. The van der Waals surface area contributed by atoms with Crippen molar-refractivity contribution in [2.75, 3.05) is 0 Å². The molecule has 3 nitrogen and oxygen atoms in total. The summed E-state index contributed by atoms with van der Waals surface area (Å²) in [4.78, 5) is 13.5. The molecule has 0 aliphatic carbocycles. The van der Waals surface area contributed by atoms with Crippen molar-refractivity contribution in [3.05, 3.63) is 24.9 Å². The molecule has 0 unspecified atom stereocenters. The van der Waals surface area contributed by atoms with Gasteiger partial charge in [-0.2, -0.15) is 0 Å². The number of rotatable bonds is 4. The average Bonchev–Trinajstić information content (AvgIpc) is 1.87. The van der Waals surface area contributed by atoms with Gasteiger partial charge >= 0.3 is 5.97 Å². The van der Waals surface area contributed by atoms with Gasteiger partial charge in [-0.3, -0.25) is 9.79 Å². The summed E-state index contributed by atoms with van der Waals surface area (Å²) < 4.78 is 0. The molecule has 0 aromatic carbocycles. The lowest BCUT2D eigenvalue weighted by atomic mass is 10.4. The first kappa shape index (κ1) is 8.62. The summed E-state index contributed by atoms with van der Waals surface area (Å²) in [7, 11) is 0. The molecule has 0 fully saturated rings. The van der Waals surface area contributed by atoms with Crippen LogP contribution in [0.4, 0.5) is 0 Å². The molecule has 10 heavy (non-hydrogen) atoms. The SMILES string of the molecule is C=CN=C/C=C/CC(=O)O. The van der Waals surface area contributed by atoms with Gasteiger partial charge in [0.2, 0.25) is 0 Å². The fourth-order valence-electron chi connectivity index (χ4n) is 0.340. The molecule has 0 rings (SSSR count). The third kappa shape index (κ3) is 6.62. The molecular weight excluding hydrogens is 130 g/mol. The van der Waals surface area contributed by atoms with Crippen LogP contribution in [0, 0.1) is 0 Å². The Morgan fingerprint density at radius 1 is 1.70 bits per heavy atom. The summed E-state index contributed by atoms with van der Waals surface area (Å²) in [6.45, 7) is 3.35. The number of carboxylic acid groups (broad SMARTS) is 1. The monoisotopic (exact) mass is 139 g/mol. The number of nitrogens with zero attached hydrogens (tertiary/aromatic N) is 1. The predicted molar refractivity (Wildman–Crippen MR) is 40.1 cm³/mol. The van der Waals surface area contributed by atoms with E-state index in [1.807, 2.05) is 0 Å². The van der Waals surface area contributed by atoms with Crippen LogP contribution in [0.1, 0.15) is 6.42 Å². The highest BCUT2D eigenvalue weighted by molar-refractivity contribution is 5.74. The lowest BCUT2D eigenvalue weighted by Crippen LogP contribution is -1.89. The molecule has 3 heteroatoms. The van der Waals surface area contributed by atoms with Crippen LogP contribution in [-0.2, 0) is 4.79 Å². The summed E-state index contributed by atoms with van der Waals surface area (Å²) in [5.74, 6) is -0.844. The molecule has 54 valence electrons. The molecule has 0 aliphatic heterocycles. The summed E-state index contributed by atoms with van der Waals surface area (Å²) in [5, 5.41) is 8.15. The van der Waals surface area contributed by atoms with Crippen molar-refractivity contribution in [3.8, 4) is 0 Å². The van der Waals surface area contributed by atoms with Gasteiger partial charge in [-0.05, 0) is 6.08 Å². The van der Waals surface area contributed by atoms with E-state index in [0.717, 1.165) is 0 Å². The van der Waals surface area contributed by atoms with Crippen molar-refractivity contribution in [3.63, 3.8) is 0 Å². The van der Waals surface area contributed by atoms with Crippen molar-refractivity contribution in [2.24, 2.45) is 4.99 Å². The van der Waals surface area contributed by atoms with Crippen LogP contribution in [0.15, 0.2) is 29.9 Å². The Bertz CT molecular complexity index is 170. The maximum Gasteiger partial charge on any atom is 0.307 e. The Balaban J connectivity index is 3.46. The first-order chi connectivity index (χ1) is 4.77. The summed E-state index contributed by atoms with van der Waals surface area (Å²) >= 11 is 0. The maximum atomic E-state index is 9.92. The zero-order chi connectivity index (χ0) is 7.82. The molecule has 0 aromatic rings. The summed E-state index contributed by atoms with van der Waals surface area (Å²) in [5.41, 5.74) is 0. The fourth-order valence-corrected chi connectivity index (χ4v) is 0.340. The highest BCUT2D eigenvalue weighted by Crippen LogP contribution is 1.80. The van der Waals surface area contributed by atoms with Gasteiger partial charge in [0.15, 0.2) is 0 Å². The van der Waals surface area contributed by atoms with Crippen LogP contribution in [0.2, 0.25) is 0 Å². The Morgan fingerprint density at radius 3 is 2.90 bits per heavy atom. The third-order valence-corrected chi connectivity index (χ3v) is 0.706. The second-order valence-corrected chi connectivity index (χ2v) is 1.51. The highest BCUT2D eigenvalue weighted by Gasteiger charge is 1.86. The zero-order valence-corrected chi connectivity index (χ0v) is 5.53. The van der Waals surface area contributed by atoms with E-state index >= 15 is 0 Å². The van der Waals surface area contributed by atoms with Gasteiger partial charge in [-0.25, -0.2) is 0 Å². The smallest absolute Gasteiger partial charge is 0.307 e. The number of allylic oxidation sites excluding steroid dienone is 1. The van der Waals surface area contributed by atoms with E-state index in [1.165, 1.54) is 18.5 Å². The van der Waals surface area contributed by atoms with Gasteiger partial charge in [0.05, 0.1) is 6.42 Å². The van der Waals surface area contributed by atoms with E-state index in [1.54, 1.807) is 6.08 Å². The standard InChI is InChI=1S/C7H9NO2/c1-2-8-6-4-3-5-7(9)10/h2-4,6H,1,5H2,(H,9,10)/b4-3+,8-6?. The molecule has 0 spiro atoms. The van der Waals surface area contributed by atoms with Crippen LogP contribution in [0.25, 0.3) is 0 Å². The van der Waals surface area contributed by atoms with Crippen molar-refractivity contribution in [1.29, 1.82) is 0 Å². The molecule has 0 aromatic heterocycles. The lowest BCUT2D eigenvalue weighted by Gasteiger charge is -1.79. The van der Waals surface area contributed by atoms with Gasteiger partial charge in [-0.1, -0.05) is 12.7 Å². The summed E-state index contributed by atoms with van der Waals surface area (Å²) in [6, 6.07) is 0. The molecule has 0 atom stereocenters. The molecule has 0 radical (unpaired) electrons. The number of hydrogen-bond donors (Lipinski definition) is 1. The topological polar surface area (TPSA) is 49.7 Å². The van der Waals surface area contributed by atoms with Crippen LogP contribution >= 0.6 is 0 Å². The Hall–Kier alpha value is -1.38. The molecule has 0 aliphatic rings. The van der Waals surface area contributed by atoms with Gasteiger partial charge in [0, 0.05) is 12.4 Å². The van der Waals surface area contributed by atoms with E-state index in [2.05, 4.69) is 11.6 Å². The van der Waals surface area contributed by atoms with Crippen molar-refractivity contribution in [1.82, 2.24) is 0 Å². The third-order valence-electron chi connectivity index (χ3n) is 0.706. The highest BCUT2D eigenvalue weighted by atomic mass is 16.4. The molecule has 0 saturated carbocycles. The Labute approximate surface area is 59.4 Å². The molecule has 1 N–H and O–H groups in total. The molecule has 0 heterocycles.